The normalized spacial score (nSPS) is 16.4. The molecule has 28 heavy (non-hydrogen) atoms. The Morgan fingerprint density at radius 3 is 2.39 bits per heavy atom. The lowest BCUT2D eigenvalue weighted by Gasteiger charge is -2.35. The van der Waals surface area contributed by atoms with Crippen molar-refractivity contribution in [2.24, 2.45) is 0 Å². The number of carbonyl (C=O) groups excluding carboxylic acids is 3. The number of piperazine rings is 1. The molecular formula is C18H27ClN4O4S. The zero-order valence-electron chi connectivity index (χ0n) is 16.6. The summed E-state index contributed by atoms with van der Waals surface area (Å²) in [5.41, 5.74) is -0.692. The Morgan fingerprint density at radius 1 is 1.21 bits per heavy atom. The van der Waals surface area contributed by atoms with Crippen LogP contribution in [0.25, 0.3) is 0 Å². The van der Waals surface area contributed by atoms with E-state index >= 15 is 0 Å². The van der Waals surface area contributed by atoms with Crippen LogP contribution in [0.2, 0.25) is 4.34 Å². The Morgan fingerprint density at radius 2 is 1.86 bits per heavy atom. The van der Waals surface area contributed by atoms with E-state index in [9.17, 15) is 14.4 Å². The molecule has 2 N–H and O–H groups in total. The van der Waals surface area contributed by atoms with Gasteiger partial charge in [-0.15, -0.1) is 11.3 Å². The molecule has 0 aliphatic carbocycles. The number of ether oxygens (including phenoxy) is 1. The molecular weight excluding hydrogens is 404 g/mol. The van der Waals surface area contributed by atoms with Gasteiger partial charge in [0.1, 0.15) is 11.6 Å². The Bertz CT molecular complexity index is 711. The van der Waals surface area contributed by atoms with Crippen LogP contribution < -0.4 is 10.6 Å². The van der Waals surface area contributed by atoms with Crippen molar-refractivity contribution in [3.63, 3.8) is 0 Å². The molecule has 0 radical (unpaired) electrons. The largest absolute Gasteiger partial charge is 0.444 e. The Balaban J connectivity index is 2.03. The van der Waals surface area contributed by atoms with Gasteiger partial charge >= 0.3 is 6.09 Å². The van der Waals surface area contributed by atoms with E-state index in [1.165, 1.54) is 0 Å². The topological polar surface area (TPSA) is 91.0 Å². The van der Waals surface area contributed by atoms with E-state index in [0.29, 0.717) is 22.3 Å². The molecule has 0 spiro atoms. The average Bonchev–Trinajstić information content (AvgIpc) is 3.03. The van der Waals surface area contributed by atoms with E-state index in [1.807, 2.05) is 7.05 Å². The SMILES string of the molecule is CN1CCN(C(=O)[C@H](CNC(=O)c2ccc(Cl)s2)NC(=O)OC(C)(C)C)CC1. The van der Waals surface area contributed by atoms with Gasteiger partial charge in [0, 0.05) is 32.7 Å². The van der Waals surface area contributed by atoms with Crippen LogP contribution in [0, 0.1) is 0 Å². The molecule has 2 rings (SSSR count). The van der Waals surface area contributed by atoms with Crippen molar-refractivity contribution in [1.82, 2.24) is 20.4 Å². The molecule has 1 saturated heterocycles. The van der Waals surface area contributed by atoms with E-state index in [4.69, 9.17) is 16.3 Å². The molecule has 156 valence electrons. The first kappa shape index (κ1) is 22.4. The van der Waals surface area contributed by atoms with Gasteiger partial charge in [-0.25, -0.2) is 4.79 Å². The number of amides is 3. The zero-order valence-corrected chi connectivity index (χ0v) is 18.2. The first-order valence-corrected chi connectivity index (χ1v) is 10.2. The number of carbonyl (C=O) groups is 3. The van der Waals surface area contributed by atoms with E-state index in [-0.39, 0.29) is 18.4 Å². The lowest BCUT2D eigenvalue weighted by atomic mass is 10.2. The highest BCUT2D eigenvalue weighted by Crippen LogP contribution is 2.21. The smallest absolute Gasteiger partial charge is 0.408 e. The lowest BCUT2D eigenvalue weighted by Crippen LogP contribution is -2.57. The summed E-state index contributed by atoms with van der Waals surface area (Å²) in [5, 5.41) is 5.28. The fourth-order valence-electron chi connectivity index (χ4n) is 2.62. The summed E-state index contributed by atoms with van der Waals surface area (Å²) in [7, 11) is 1.99. The number of alkyl carbamates (subject to hydrolysis) is 1. The van der Waals surface area contributed by atoms with Crippen molar-refractivity contribution < 1.29 is 19.1 Å². The number of hydrogen-bond acceptors (Lipinski definition) is 6. The lowest BCUT2D eigenvalue weighted by molar-refractivity contribution is -0.134. The quantitative estimate of drug-likeness (QED) is 0.743. The second-order valence-electron chi connectivity index (χ2n) is 7.64. The standard InChI is InChI=1S/C18H27ClN4O4S/c1-18(2,3)27-17(26)21-12(16(25)23-9-7-22(4)8-10-23)11-20-15(24)13-5-6-14(19)28-13/h5-6,12H,7-11H2,1-4H3,(H,20,24)(H,21,26)/t12-/m0/s1. The van der Waals surface area contributed by atoms with E-state index in [2.05, 4.69) is 15.5 Å². The Hall–Kier alpha value is -1.84. The molecule has 10 heteroatoms. The van der Waals surface area contributed by atoms with Gasteiger partial charge in [-0.05, 0) is 40.0 Å². The number of thiophene rings is 1. The van der Waals surface area contributed by atoms with Crippen molar-refractivity contribution in [2.45, 2.75) is 32.4 Å². The van der Waals surface area contributed by atoms with Gasteiger partial charge in [0.05, 0.1) is 9.21 Å². The minimum absolute atomic E-state index is 0.0429. The van der Waals surface area contributed by atoms with Crippen LogP contribution in [0.3, 0.4) is 0 Å². The minimum atomic E-state index is -0.919. The highest BCUT2D eigenvalue weighted by molar-refractivity contribution is 7.17. The molecule has 2 heterocycles. The van der Waals surface area contributed by atoms with Crippen LogP contribution in [-0.4, -0.2) is 79.1 Å². The van der Waals surface area contributed by atoms with E-state index < -0.39 is 17.7 Å². The minimum Gasteiger partial charge on any atom is -0.444 e. The van der Waals surface area contributed by atoms with Gasteiger partial charge in [-0.1, -0.05) is 11.6 Å². The molecule has 1 aromatic heterocycles. The van der Waals surface area contributed by atoms with Crippen LogP contribution >= 0.6 is 22.9 Å². The second kappa shape index (κ2) is 9.58. The van der Waals surface area contributed by atoms with Crippen LogP contribution in [0.5, 0.6) is 0 Å². The summed E-state index contributed by atoms with van der Waals surface area (Å²) in [6.07, 6.45) is -0.701. The highest BCUT2D eigenvalue weighted by atomic mass is 35.5. The highest BCUT2D eigenvalue weighted by Gasteiger charge is 2.30. The summed E-state index contributed by atoms with van der Waals surface area (Å²) in [6.45, 7) is 7.83. The predicted molar refractivity (Wildman–Crippen MR) is 109 cm³/mol. The summed E-state index contributed by atoms with van der Waals surface area (Å²) in [4.78, 5) is 41.7. The summed E-state index contributed by atoms with van der Waals surface area (Å²) in [5.74, 6) is -0.595. The molecule has 1 aliphatic heterocycles. The molecule has 3 amide bonds. The van der Waals surface area contributed by atoms with Crippen LogP contribution in [0.4, 0.5) is 4.79 Å². The number of rotatable bonds is 5. The third kappa shape index (κ3) is 6.96. The Labute approximate surface area is 174 Å². The first-order valence-electron chi connectivity index (χ1n) is 9.05. The number of nitrogens with one attached hydrogen (secondary N) is 2. The average molecular weight is 431 g/mol. The molecule has 1 fully saturated rings. The van der Waals surface area contributed by atoms with Gasteiger partial charge in [-0.3, -0.25) is 9.59 Å². The van der Waals surface area contributed by atoms with Crippen molar-refractivity contribution in [2.75, 3.05) is 39.8 Å². The van der Waals surface area contributed by atoms with E-state index in [1.54, 1.807) is 37.8 Å². The number of nitrogens with zero attached hydrogens (tertiary/aromatic N) is 2. The number of halogens is 1. The fourth-order valence-corrected chi connectivity index (χ4v) is 3.57. The zero-order chi connectivity index (χ0) is 20.9. The van der Waals surface area contributed by atoms with Gasteiger partial charge < -0.3 is 25.2 Å². The predicted octanol–water partition coefficient (Wildman–Crippen LogP) is 1.80. The Kier molecular flexibility index (Phi) is 7.68. The first-order chi connectivity index (χ1) is 13.0. The third-order valence-electron chi connectivity index (χ3n) is 4.07. The van der Waals surface area contributed by atoms with Crippen LogP contribution in [0.15, 0.2) is 12.1 Å². The van der Waals surface area contributed by atoms with Crippen molar-refractivity contribution in [1.29, 1.82) is 0 Å². The van der Waals surface area contributed by atoms with Crippen molar-refractivity contribution in [3.8, 4) is 0 Å². The second-order valence-corrected chi connectivity index (χ2v) is 9.36. The summed E-state index contributed by atoms with van der Waals surface area (Å²) < 4.78 is 5.76. The number of likely N-dealkylation sites (N-methyl/N-ethyl adjacent to an activating group) is 1. The summed E-state index contributed by atoms with van der Waals surface area (Å²) in [6, 6.07) is 2.33. The maximum absolute atomic E-state index is 12.9. The summed E-state index contributed by atoms with van der Waals surface area (Å²) >= 11 is 7.01. The van der Waals surface area contributed by atoms with Gasteiger partial charge in [0.2, 0.25) is 5.91 Å². The molecule has 8 nitrogen and oxygen atoms in total. The van der Waals surface area contributed by atoms with Crippen molar-refractivity contribution in [3.05, 3.63) is 21.3 Å². The maximum atomic E-state index is 12.9. The molecule has 1 aromatic rings. The number of hydrogen-bond donors (Lipinski definition) is 2. The third-order valence-corrected chi connectivity index (χ3v) is 5.30. The van der Waals surface area contributed by atoms with Crippen LogP contribution in [0.1, 0.15) is 30.4 Å². The van der Waals surface area contributed by atoms with Crippen LogP contribution in [-0.2, 0) is 9.53 Å². The molecule has 0 saturated carbocycles. The van der Waals surface area contributed by atoms with Crippen molar-refractivity contribution >= 4 is 40.8 Å². The van der Waals surface area contributed by atoms with Gasteiger partial charge in [0.25, 0.3) is 5.91 Å². The monoisotopic (exact) mass is 430 g/mol. The molecule has 0 bridgehead atoms. The molecule has 1 atom stereocenters. The van der Waals surface area contributed by atoms with Gasteiger partial charge in [-0.2, -0.15) is 0 Å². The molecule has 1 aliphatic rings. The molecule has 0 aromatic carbocycles. The van der Waals surface area contributed by atoms with Gasteiger partial charge in [0.15, 0.2) is 0 Å². The maximum Gasteiger partial charge on any atom is 0.408 e. The van der Waals surface area contributed by atoms with E-state index in [0.717, 1.165) is 24.4 Å². The fraction of sp³-hybridized carbons (Fsp3) is 0.611. The molecule has 0 unspecified atom stereocenters.